The Bertz CT molecular complexity index is 660. The summed E-state index contributed by atoms with van der Waals surface area (Å²) in [6, 6.07) is 7.49. The number of carbonyl (C=O) groups is 1. The summed E-state index contributed by atoms with van der Waals surface area (Å²) in [5.41, 5.74) is 1.64. The Morgan fingerprint density at radius 3 is 2.52 bits per heavy atom. The summed E-state index contributed by atoms with van der Waals surface area (Å²) in [7, 11) is -1.22. The van der Waals surface area contributed by atoms with E-state index < -0.39 is 9.84 Å². The molecule has 0 saturated carbocycles. The van der Waals surface area contributed by atoms with E-state index >= 15 is 0 Å². The molecule has 10 heteroatoms. The molecule has 1 aromatic carbocycles. The van der Waals surface area contributed by atoms with Gasteiger partial charge in [0.2, 0.25) is 0 Å². The molecule has 0 aliphatic carbocycles. The van der Waals surface area contributed by atoms with Gasteiger partial charge in [0.1, 0.15) is 0 Å². The lowest BCUT2D eigenvalue weighted by Gasteiger charge is -2.26. The molecule has 1 aromatic rings. The Kier molecular flexibility index (Phi) is 12.9. The molecular formula is C17H29Cl2N3O4S. The van der Waals surface area contributed by atoms with E-state index in [1.165, 1.54) is 0 Å². The molecule has 156 valence electrons. The van der Waals surface area contributed by atoms with Crippen molar-refractivity contribution >= 4 is 40.6 Å². The van der Waals surface area contributed by atoms with Crippen molar-refractivity contribution in [2.24, 2.45) is 0 Å². The van der Waals surface area contributed by atoms with Gasteiger partial charge in [-0.15, -0.1) is 24.8 Å². The molecule has 1 aliphatic heterocycles. The van der Waals surface area contributed by atoms with Gasteiger partial charge in [0, 0.05) is 51.9 Å². The molecule has 1 amide bonds. The molecule has 0 unspecified atom stereocenters. The highest BCUT2D eigenvalue weighted by molar-refractivity contribution is 7.91. The first-order valence-electron chi connectivity index (χ1n) is 8.50. The lowest BCUT2D eigenvalue weighted by atomic mass is 10.1. The zero-order valence-corrected chi connectivity index (χ0v) is 17.9. The van der Waals surface area contributed by atoms with Crippen LogP contribution in [0.15, 0.2) is 24.3 Å². The molecule has 0 bridgehead atoms. The lowest BCUT2D eigenvalue weighted by Crippen LogP contribution is -2.39. The molecule has 7 nitrogen and oxygen atoms in total. The van der Waals surface area contributed by atoms with Crippen LogP contribution in [-0.4, -0.2) is 77.2 Å². The second kappa shape index (κ2) is 13.3. The highest BCUT2D eigenvalue weighted by Gasteiger charge is 2.21. The van der Waals surface area contributed by atoms with Crippen LogP contribution in [0.2, 0.25) is 0 Å². The third kappa shape index (κ3) is 9.73. The molecule has 2 N–H and O–H groups in total. The number of nitrogens with one attached hydrogen (secondary N) is 2. The number of sulfone groups is 1. The van der Waals surface area contributed by atoms with E-state index in [2.05, 4.69) is 15.5 Å². The number of ether oxygens (including phenoxy) is 1. The van der Waals surface area contributed by atoms with Crippen molar-refractivity contribution in [3.63, 3.8) is 0 Å². The highest BCUT2D eigenvalue weighted by atomic mass is 35.5. The van der Waals surface area contributed by atoms with E-state index in [1.54, 1.807) is 13.2 Å². The smallest absolute Gasteiger partial charge is 0.251 e. The van der Waals surface area contributed by atoms with Crippen molar-refractivity contribution in [1.29, 1.82) is 0 Å². The van der Waals surface area contributed by atoms with Crippen LogP contribution in [0.4, 0.5) is 0 Å². The molecule has 1 fully saturated rings. The van der Waals surface area contributed by atoms with Crippen LogP contribution >= 0.6 is 24.8 Å². The Balaban J connectivity index is 0.00000338. The molecule has 1 heterocycles. The number of benzene rings is 1. The Morgan fingerprint density at radius 1 is 1.15 bits per heavy atom. The number of nitrogens with zero attached hydrogens (tertiary/aromatic N) is 1. The van der Waals surface area contributed by atoms with Crippen LogP contribution < -0.4 is 10.6 Å². The van der Waals surface area contributed by atoms with Crippen molar-refractivity contribution < 1.29 is 17.9 Å². The minimum absolute atomic E-state index is 0. The minimum atomic E-state index is -2.87. The van der Waals surface area contributed by atoms with E-state index in [4.69, 9.17) is 4.74 Å². The normalized spacial score (nSPS) is 16.0. The van der Waals surface area contributed by atoms with E-state index in [-0.39, 0.29) is 42.2 Å². The molecule has 1 saturated heterocycles. The average molecular weight is 442 g/mol. The zero-order chi connectivity index (χ0) is 18.1. The molecule has 27 heavy (non-hydrogen) atoms. The zero-order valence-electron chi connectivity index (χ0n) is 15.5. The summed E-state index contributed by atoms with van der Waals surface area (Å²) < 4.78 is 27.9. The molecule has 0 spiro atoms. The van der Waals surface area contributed by atoms with Crippen molar-refractivity contribution in [3.8, 4) is 0 Å². The van der Waals surface area contributed by atoms with E-state index in [9.17, 15) is 13.2 Å². The van der Waals surface area contributed by atoms with Gasteiger partial charge in [0.05, 0.1) is 18.1 Å². The maximum absolute atomic E-state index is 12.2. The summed E-state index contributed by atoms with van der Waals surface area (Å²) in [5, 5.41) is 6.05. The van der Waals surface area contributed by atoms with Crippen molar-refractivity contribution in [1.82, 2.24) is 15.5 Å². The maximum atomic E-state index is 12.2. The Morgan fingerprint density at radius 2 is 1.85 bits per heavy atom. The second-order valence-corrected chi connectivity index (χ2v) is 8.43. The van der Waals surface area contributed by atoms with Gasteiger partial charge < -0.3 is 15.4 Å². The molecule has 0 radical (unpaired) electrons. The van der Waals surface area contributed by atoms with Crippen LogP contribution in [0.5, 0.6) is 0 Å². The molecule has 0 atom stereocenters. The molecule has 1 aliphatic rings. The first kappa shape index (κ1) is 26.1. The van der Waals surface area contributed by atoms with Crippen LogP contribution in [0.3, 0.4) is 0 Å². The number of rotatable bonds is 9. The van der Waals surface area contributed by atoms with Crippen LogP contribution in [0.25, 0.3) is 0 Å². The number of carbonyl (C=O) groups excluding carboxylic acids is 1. The predicted molar refractivity (Wildman–Crippen MR) is 112 cm³/mol. The van der Waals surface area contributed by atoms with Gasteiger partial charge in [-0.1, -0.05) is 12.1 Å². The van der Waals surface area contributed by atoms with E-state index in [0.29, 0.717) is 44.9 Å². The summed E-state index contributed by atoms with van der Waals surface area (Å²) in [6.45, 7) is 4.40. The third-order valence-electron chi connectivity index (χ3n) is 4.10. The molecular weight excluding hydrogens is 413 g/mol. The maximum Gasteiger partial charge on any atom is 0.251 e. The van der Waals surface area contributed by atoms with Gasteiger partial charge >= 0.3 is 0 Å². The van der Waals surface area contributed by atoms with Crippen LogP contribution in [-0.2, 0) is 21.1 Å². The van der Waals surface area contributed by atoms with E-state index in [0.717, 1.165) is 12.1 Å². The van der Waals surface area contributed by atoms with Gasteiger partial charge in [0.15, 0.2) is 9.84 Å². The fourth-order valence-corrected chi connectivity index (χ4v) is 3.92. The molecule has 2 rings (SSSR count). The SMILES string of the molecule is COCCNCCNC(=O)c1cccc(CN2CCS(=O)(=O)CC2)c1.Cl.Cl. The Labute approximate surface area is 174 Å². The van der Waals surface area contributed by atoms with E-state index in [1.807, 2.05) is 18.2 Å². The number of hydrogen-bond donors (Lipinski definition) is 2. The van der Waals surface area contributed by atoms with Gasteiger partial charge in [-0.25, -0.2) is 8.42 Å². The largest absolute Gasteiger partial charge is 0.383 e. The fourth-order valence-electron chi connectivity index (χ4n) is 2.64. The summed E-state index contributed by atoms with van der Waals surface area (Å²) in [4.78, 5) is 14.3. The summed E-state index contributed by atoms with van der Waals surface area (Å²) in [5.74, 6) is 0.323. The Hall–Kier alpha value is -0.900. The topological polar surface area (TPSA) is 87.7 Å². The average Bonchev–Trinajstić information content (AvgIpc) is 2.60. The number of methoxy groups -OCH3 is 1. The monoisotopic (exact) mass is 441 g/mol. The van der Waals surface area contributed by atoms with Crippen molar-refractivity contribution in [2.45, 2.75) is 6.54 Å². The van der Waals surface area contributed by atoms with Crippen LogP contribution in [0, 0.1) is 0 Å². The van der Waals surface area contributed by atoms with Gasteiger partial charge in [0.25, 0.3) is 5.91 Å². The molecule has 0 aromatic heterocycles. The van der Waals surface area contributed by atoms with Crippen molar-refractivity contribution in [3.05, 3.63) is 35.4 Å². The fraction of sp³-hybridized carbons (Fsp3) is 0.588. The van der Waals surface area contributed by atoms with Gasteiger partial charge in [-0.05, 0) is 17.7 Å². The minimum Gasteiger partial charge on any atom is -0.383 e. The third-order valence-corrected chi connectivity index (χ3v) is 5.71. The standard InChI is InChI=1S/C17H27N3O4S.2ClH/c1-24-10-7-18-5-6-19-17(21)16-4-2-3-15(13-16)14-20-8-11-25(22,23)12-9-20;;/h2-4,13,18H,5-12,14H2,1H3,(H,19,21);2*1H. The van der Waals surface area contributed by atoms with Crippen molar-refractivity contribution in [2.75, 3.05) is 57.9 Å². The first-order valence-corrected chi connectivity index (χ1v) is 10.3. The lowest BCUT2D eigenvalue weighted by molar-refractivity contribution is 0.0953. The summed E-state index contributed by atoms with van der Waals surface area (Å²) in [6.07, 6.45) is 0. The predicted octanol–water partition coefficient (Wildman–Crippen LogP) is 0.726. The second-order valence-electron chi connectivity index (χ2n) is 6.13. The number of halogens is 2. The van der Waals surface area contributed by atoms with Gasteiger partial charge in [-0.2, -0.15) is 0 Å². The van der Waals surface area contributed by atoms with Crippen LogP contribution in [0.1, 0.15) is 15.9 Å². The number of amides is 1. The highest BCUT2D eigenvalue weighted by Crippen LogP contribution is 2.11. The summed E-state index contributed by atoms with van der Waals surface area (Å²) >= 11 is 0. The first-order chi connectivity index (χ1) is 12.0. The number of hydrogen-bond acceptors (Lipinski definition) is 6. The van der Waals surface area contributed by atoms with Gasteiger partial charge in [-0.3, -0.25) is 9.69 Å². The quantitative estimate of drug-likeness (QED) is 0.549.